The van der Waals surface area contributed by atoms with Crippen LogP contribution in [0.15, 0.2) is 36.4 Å². The van der Waals surface area contributed by atoms with Crippen molar-refractivity contribution in [2.45, 2.75) is 6.54 Å². The molecular formula is C14H12ClFN2O3. The summed E-state index contributed by atoms with van der Waals surface area (Å²) in [5.41, 5.74) is 0.339. The molecule has 2 rings (SSSR count). The third-order valence-corrected chi connectivity index (χ3v) is 3.05. The number of nitrogens with zero attached hydrogens (tertiary/aromatic N) is 1. The highest BCUT2D eigenvalue weighted by atomic mass is 35.5. The molecule has 0 heterocycles. The summed E-state index contributed by atoms with van der Waals surface area (Å²) in [6.45, 7) is 0.527. The van der Waals surface area contributed by atoms with E-state index in [1.807, 2.05) is 12.1 Å². The van der Waals surface area contributed by atoms with Gasteiger partial charge in [-0.05, 0) is 13.1 Å². The van der Waals surface area contributed by atoms with Gasteiger partial charge < -0.3 is 10.1 Å². The summed E-state index contributed by atoms with van der Waals surface area (Å²) in [7, 11) is 1.77. The van der Waals surface area contributed by atoms with Crippen molar-refractivity contribution in [3.05, 3.63) is 62.9 Å². The fourth-order valence-corrected chi connectivity index (χ4v) is 1.95. The molecule has 0 aliphatic rings. The Morgan fingerprint density at radius 2 is 2.05 bits per heavy atom. The number of rotatable bonds is 5. The Kier molecular flexibility index (Phi) is 4.72. The first-order chi connectivity index (χ1) is 10.0. The Morgan fingerprint density at radius 3 is 2.71 bits per heavy atom. The van der Waals surface area contributed by atoms with Crippen LogP contribution in [0.25, 0.3) is 0 Å². The van der Waals surface area contributed by atoms with Crippen molar-refractivity contribution in [2.75, 3.05) is 7.05 Å². The largest absolute Gasteiger partial charge is 0.450 e. The highest BCUT2D eigenvalue weighted by molar-refractivity contribution is 6.31. The average molecular weight is 311 g/mol. The van der Waals surface area contributed by atoms with Crippen LogP contribution in [0, 0.1) is 15.9 Å². The van der Waals surface area contributed by atoms with Crippen LogP contribution >= 0.6 is 11.6 Å². The van der Waals surface area contributed by atoms with Crippen molar-refractivity contribution in [3.63, 3.8) is 0 Å². The normalized spacial score (nSPS) is 10.4. The van der Waals surface area contributed by atoms with E-state index in [1.54, 1.807) is 19.2 Å². The molecule has 110 valence electrons. The SMILES string of the molecule is CNCc1ccccc1Oc1cc(Cl)c(F)cc1[N+](=O)[O-]. The Bertz CT molecular complexity index is 679. The summed E-state index contributed by atoms with van der Waals surface area (Å²) in [4.78, 5) is 10.3. The second-order valence-electron chi connectivity index (χ2n) is 4.23. The van der Waals surface area contributed by atoms with Crippen LogP contribution < -0.4 is 10.1 Å². The quantitative estimate of drug-likeness (QED) is 0.672. The molecule has 0 amide bonds. The molecule has 21 heavy (non-hydrogen) atoms. The van der Waals surface area contributed by atoms with Crippen molar-refractivity contribution < 1.29 is 14.1 Å². The van der Waals surface area contributed by atoms with Crippen molar-refractivity contribution in [1.29, 1.82) is 0 Å². The molecule has 0 bridgehead atoms. The van der Waals surface area contributed by atoms with Gasteiger partial charge in [0.25, 0.3) is 0 Å². The van der Waals surface area contributed by atoms with E-state index in [9.17, 15) is 14.5 Å². The average Bonchev–Trinajstić information content (AvgIpc) is 2.44. The van der Waals surface area contributed by atoms with Gasteiger partial charge in [-0.2, -0.15) is 0 Å². The van der Waals surface area contributed by atoms with Crippen molar-refractivity contribution >= 4 is 17.3 Å². The summed E-state index contributed by atoms with van der Waals surface area (Å²) < 4.78 is 18.9. The van der Waals surface area contributed by atoms with Gasteiger partial charge in [-0.1, -0.05) is 29.8 Å². The lowest BCUT2D eigenvalue weighted by atomic mass is 10.2. The number of para-hydroxylation sites is 1. The highest BCUT2D eigenvalue weighted by Crippen LogP contribution is 2.36. The number of hydrogen-bond donors (Lipinski definition) is 1. The molecule has 5 nitrogen and oxygen atoms in total. The number of halogens is 2. The Hall–Kier alpha value is -2.18. The minimum Gasteiger partial charge on any atom is -0.450 e. The van der Waals surface area contributed by atoms with Crippen LogP contribution in [0.2, 0.25) is 5.02 Å². The van der Waals surface area contributed by atoms with Gasteiger partial charge in [-0.3, -0.25) is 10.1 Å². The molecule has 0 unspecified atom stereocenters. The van der Waals surface area contributed by atoms with Gasteiger partial charge in [0.2, 0.25) is 5.75 Å². The van der Waals surface area contributed by atoms with Crippen LogP contribution in [0.5, 0.6) is 11.5 Å². The Labute approximate surface area is 125 Å². The second-order valence-corrected chi connectivity index (χ2v) is 4.64. The lowest BCUT2D eigenvalue weighted by molar-refractivity contribution is -0.385. The van der Waals surface area contributed by atoms with Gasteiger partial charge in [-0.25, -0.2) is 4.39 Å². The highest BCUT2D eigenvalue weighted by Gasteiger charge is 2.20. The number of hydrogen-bond acceptors (Lipinski definition) is 4. The molecule has 0 aliphatic carbocycles. The zero-order valence-corrected chi connectivity index (χ0v) is 11.9. The van der Waals surface area contributed by atoms with E-state index >= 15 is 0 Å². The fraction of sp³-hybridized carbons (Fsp3) is 0.143. The second kappa shape index (κ2) is 6.51. The third-order valence-electron chi connectivity index (χ3n) is 2.76. The topological polar surface area (TPSA) is 64.4 Å². The Morgan fingerprint density at radius 1 is 1.33 bits per heavy atom. The predicted molar refractivity (Wildman–Crippen MR) is 77.3 cm³/mol. The lowest BCUT2D eigenvalue weighted by Gasteiger charge is -2.11. The first-order valence-corrected chi connectivity index (χ1v) is 6.44. The number of benzene rings is 2. The van der Waals surface area contributed by atoms with E-state index in [1.165, 1.54) is 0 Å². The maximum absolute atomic E-state index is 13.4. The molecular weight excluding hydrogens is 299 g/mol. The summed E-state index contributed by atoms with van der Waals surface area (Å²) >= 11 is 5.67. The first kappa shape index (κ1) is 15.2. The monoisotopic (exact) mass is 310 g/mol. The predicted octanol–water partition coefficient (Wildman–Crippen LogP) is 3.90. The third kappa shape index (κ3) is 3.48. The molecule has 2 aromatic carbocycles. The number of nitro benzene ring substituents is 1. The number of nitro groups is 1. The van der Waals surface area contributed by atoms with Crippen LogP contribution in [0.1, 0.15) is 5.56 Å². The minimum absolute atomic E-state index is 0.102. The molecule has 1 N–H and O–H groups in total. The zero-order chi connectivity index (χ0) is 15.4. The lowest BCUT2D eigenvalue weighted by Crippen LogP contribution is -2.06. The summed E-state index contributed by atoms with van der Waals surface area (Å²) in [5, 5.41) is 13.7. The van der Waals surface area contributed by atoms with E-state index in [0.717, 1.165) is 17.7 Å². The molecule has 0 aromatic heterocycles. The standard InChI is InChI=1S/C14H12ClFN2O3/c1-17-8-9-4-2-3-5-13(9)21-14-6-10(15)11(16)7-12(14)18(19)20/h2-7,17H,8H2,1H3. The van der Waals surface area contributed by atoms with E-state index in [0.29, 0.717) is 12.3 Å². The van der Waals surface area contributed by atoms with Crippen LogP contribution in [-0.2, 0) is 6.54 Å². The van der Waals surface area contributed by atoms with Gasteiger partial charge in [0.05, 0.1) is 16.0 Å². The number of ether oxygens (including phenoxy) is 1. The molecule has 0 fully saturated rings. The van der Waals surface area contributed by atoms with Crippen molar-refractivity contribution in [3.8, 4) is 11.5 Å². The molecule has 0 atom stereocenters. The maximum Gasteiger partial charge on any atom is 0.314 e. The van der Waals surface area contributed by atoms with Gasteiger partial charge in [0.1, 0.15) is 11.6 Å². The van der Waals surface area contributed by atoms with Crippen LogP contribution in [-0.4, -0.2) is 12.0 Å². The molecule has 0 saturated heterocycles. The van der Waals surface area contributed by atoms with E-state index < -0.39 is 16.4 Å². The van der Waals surface area contributed by atoms with Gasteiger partial charge in [-0.15, -0.1) is 0 Å². The van der Waals surface area contributed by atoms with E-state index in [4.69, 9.17) is 16.3 Å². The minimum atomic E-state index is -0.862. The molecule has 0 spiro atoms. The van der Waals surface area contributed by atoms with Gasteiger partial charge in [0, 0.05) is 18.2 Å². The van der Waals surface area contributed by atoms with E-state index in [2.05, 4.69) is 5.32 Å². The fourth-order valence-electron chi connectivity index (χ4n) is 1.80. The molecule has 2 aromatic rings. The summed E-state index contributed by atoms with van der Waals surface area (Å²) in [6.07, 6.45) is 0. The van der Waals surface area contributed by atoms with Crippen LogP contribution in [0.3, 0.4) is 0 Å². The molecule has 0 aliphatic heterocycles. The van der Waals surface area contributed by atoms with Crippen LogP contribution in [0.4, 0.5) is 10.1 Å². The Balaban J connectivity index is 2.44. The van der Waals surface area contributed by atoms with Crippen molar-refractivity contribution in [1.82, 2.24) is 5.32 Å². The first-order valence-electron chi connectivity index (χ1n) is 6.06. The maximum atomic E-state index is 13.4. The van der Waals surface area contributed by atoms with E-state index in [-0.39, 0.29) is 10.8 Å². The molecule has 7 heteroatoms. The summed E-state index contributed by atoms with van der Waals surface area (Å²) in [5.74, 6) is -0.521. The van der Waals surface area contributed by atoms with Gasteiger partial charge >= 0.3 is 5.69 Å². The summed E-state index contributed by atoms with van der Waals surface area (Å²) in [6, 6.07) is 8.91. The zero-order valence-electron chi connectivity index (χ0n) is 11.1. The molecule has 0 saturated carbocycles. The molecule has 0 radical (unpaired) electrons. The van der Waals surface area contributed by atoms with Gasteiger partial charge in [0.15, 0.2) is 0 Å². The van der Waals surface area contributed by atoms with Crippen molar-refractivity contribution in [2.24, 2.45) is 0 Å². The smallest absolute Gasteiger partial charge is 0.314 e. The number of nitrogens with one attached hydrogen (secondary N) is 1.